The molecule has 0 saturated carbocycles. The zero-order chi connectivity index (χ0) is 29.2. The van der Waals surface area contributed by atoms with E-state index in [0.717, 1.165) is 37.5 Å². The van der Waals surface area contributed by atoms with E-state index in [9.17, 15) is 48.0 Å². The zero-order valence-electron chi connectivity index (χ0n) is 19.6. The number of hydrogen-bond donors (Lipinski definition) is 0. The van der Waals surface area contributed by atoms with Gasteiger partial charge in [0.05, 0.1) is 33.7 Å². The Morgan fingerprint density at radius 2 is 1.21 bits per heavy atom. The fourth-order valence-corrected chi connectivity index (χ4v) is 7.10. The molecule has 0 spiro atoms. The van der Waals surface area contributed by atoms with E-state index in [2.05, 4.69) is 4.74 Å². The van der Waals surface area contributed by atoms with Gasteiger partial charge in [0.15, 0.2) is 0 Å². The van der Waals surface area contributed by atoms with Crippen LogP contribution in [0.3, 0.4) is 0 Å². The van der Waals surface area contributed by atoms with Crippen molar-refractivity contribution in [2.24, 2.45) is 0 Å². The Kier molecular flexibility index (Phi) is 8.17. The minimum absolute atomic E-state index is 0.191. The predicted molar refractivity (Wildman–Crippen MR) is 127 cm³/mol. The number of esters is 1. The number of rotatable bonds is 7. The molecule has 0 aliphatic rings. The number of hydrogen-bond acceptors (Lipinski definition) is 6. The predicted octanol–water partition coefficient (Wildman–Crippen LogP) is 5.49. The lowest BCUT2D eigenvalue weighted by Gasteiger charge is -2.26. The number of methoxy groups -OCH3 is 1. The molecule has 39 heavy (non-hydrogen) atoms. The second-order valence-electron chi connectivity index (χ2n) is 7.67. The number of para-hydroxylation sites is 1. The molecule has 3 rings (SSSR count). The van der Waals surface area contributed by atoms with Gasteiger partial charge >= 0.3 is 18.3 Å². The first kappa shape index (κ1) is 29.7. The van der Waals surface area contributed by atoms with Crippen LogP contribution >= 0.6 is 0 Å². The number of carbonyl (C=O) groups excluding carboxylic acids is 1. The molecule has 0 amide bonds. The van der Waals surface area contributed by atoms with Gasteiger partial charge in [-0.25, -0.2) is 21.6 Å². The summed E-state index contributed by atoms with van der Waals surface area (Å²) >= 11 is 0. The summed E-state index contributed by atoms with van der Waals surface area (Å²) in [6, 6.07) is 8.98. The maximum atomic E-state index is 13.7. The number of ether oxygens (including phenoxy) is 1. The Bertz CT molecular complexity index is 1540. The summed E-state index contributed by atoms with van der Waals surface area (Å²) in [5, 5.41) is 0. The van der Waals surface area contributed by atoms with Crippen LogP contribution in [-0.4, -0.2) is 29.9 Å². The Morgan fingerprint density at radius 1 is 0.744 bits per heavy atom. The third-order valence-corrected chi connectivity index (χ3v) is 9.23. The quantitative estimate of drug-likeness (QED) is 0.204. The van der Waals surface area contributed by atoms with Gasteiger partial charge < -0.3 is 4.74 Å². The molecule has 0 N–H and O–H groups in total. The lowest BCUT2D eigenvalue weighted by atomic mass is 10.2. The van der Waals surface area contributed by atoms with Gasteiger partial charge in [-0.15, -0.1) is 0 Å². The topological polar surface area (TPSA) is 97.8 Å². The maximum Gasteiger partial charge on any atom is 0.416 e. The molecule has 0 aromatic heterocycles. The van der Waals surface area contributed by atoms with E-state index in [4.69, 9.17) is 0 Å². The second-order valence-corrected chi connectivity index (χ2v) is 11.5. The van der Waals surface area contributed by atoms with E-state index in [1.165, 1.54) is 18.2 Å². The smallest absolute Gasteiger partial charge is 0.416 e. The monoisotopic (exact) mass is 593 g/mol. The molecule has 3 aromatic carbocycles. The first-order valence-corrected chi connectivity index (χ1v) is 13.4. The van der Waals surface area contributed by atoms with Gasteiger partial charge in [0, 0.05) is 11.6 Å². The Hall–Kier alpha value is -3.85. The van der Waals surface area contributed by atoms with E-state index in [1.807, 2.05) is 0 Å². The van der Waals surface area contributed by atoms with Crippen molar-refractivity contribution in [3.63, 3.8) is 0 Å². The second kappa shape index (κ2) is 10.7. The molecule has 0 atom stereocenters. The number of anilines is 1. The fourth-order valence-electron chi connectivity index (χ4n) is 3.27. The van der Waals surface area contributed by atoms with E-state index < -0.39 is 65.0 Å². The van der Waals surface area contributed by atoms with Gasteiger partial charge in [0.25, 0.3) is 20.0 Å². The van der Waals surface area contributed by atoms with Crippen LogP contribution in [0.2, 0.25) is 0 Å². The molecule has 0 aliphatic heterocycles. The molecule has 0 aliphatic carbocycles. The van der Waals surface area contributed by atoms with Gasteiger partial charge in [-0.2, -0.15) is 30.1 Å². The van der Waals surface area contributed by atoms with Crippen LogP contribution in [0.4, 0.5) is 32.0 Å². The maximum absolute atomic E-state index is 13.7. The van der Waals surface area contributed by atoms with Crippen LogP contribution in [0.5, 0.6) is 0 Å². The van der Waals surface area contributed by atoms with Crippen LogP contribution in [-0.2, 0) is 41.9 Å². The van der Waals surface area contributed by atoms with Gasteiger partial charge in [-0.1, -0.05) is 30.3 Å². The summed E-state index contributed by atoms with van der Waals surface area (Å²) in [7, 11) is -9.86. The highest BCUT2D eigenvalue weighted by Gasteiger charge is 2.41. The van der Waals surface area contributed by atoms with Crippen molar-refractivity contribution in [1.82, 2.24) is 0 Å². The molecular weight excluding hydrogens is 576 g/mol. The van der Waals surface area contributed by atoms with Crippen molar-refractivity contribution in [2.75, 3.05) is 10.8 Å². The highest BCUT2D eigenvalue weighted by atomic mass is 32.3. The van der Waals surface area contributed by atoms with Crippen molar-refractivity contribution >= 4 is 37.8 Å². The Balaban J connectivity index is 2.37. The molecule has 0 bridgehead atoms. The van der Waals surface area contributed by atoms with Crippen molar-refractivity contribution < 1.29 is 52.7 Å². The van der Waals surface area contributed by atoms with Gasteiger partial charge in [-0.3, -0.25) is 0 Å². The molecule has 0 unspecified atom stereocenters. The number of halogens is 6. The average Bonchev–Trinajstić information content (AvgIpc) is 2.87. The van der Waals surface area contributed by atoms with Crippen LogP contribution in [0, 0.1) is 0 Å². The SMILES string of the molecule is COC(=O)C=Cc1ccccc1N(S(=O)(=O)c1cccc(C(F)(F)F)c1)S(=O)(=O)c1cccc(C(F)(F)F)c1. The lowest BCUT2D eigenvalue weighted by molar-refractivity contribution is -0.138. The first-order chi connectivity index (χ1) is 18.0. The number of sulfonamides is 2. The molecule has 0 heterocycles. The number of alkyl halides is 6. The van der Waals surface area contributed by atoms with Crippen molar-refractivity contribution in [3.8, 4) is 0 Å². The van der Waals surface area contributed by atoms with Crippen molar-refractivity contribution in [2.45, 2.75) is 22.1 Å². The Labute approximate surface area is 219 Å². The molecular formula is C24H17F6NO6S2. The number of carbonyl (C=O) groups is 1. The van der Waals surface area contributed by atoms with Crippen LogP contribution < -0.4 is 3.71 Å². The highest BCUT2D eigenvalue weighted by Crippen LogP contribution is 2.37. The summed E-state index contributed by atoms with van der Waals surface area (Å²) in [5.41, 5.74) is -3.76. The summed E-state index contributed by atoms with van der Waals surface area (Å²) in [4.78, 5) is 9.37. The largest absolute Gasteiger partial charge is 0.466 e. The minimum atomic E-state index is -5.44. The lowest BCUT2D eigenvalue weighted by Crippen LogP contribution is -2.37. The minimum Gasteiger partial charge on any atom is -0.466 e. The number of benzene rings is 3. The molecule has 0 saturated heterocycles. The first-order valence-electron chi connectivity index (χ1n) is 10.5. The van der Waals surface area contributed by atoms with Crippen LogP contribution in [0.25, 0.3) is 6.08 Å². The highest BCUT2D eigenvalue weighted by molar-refractivity contribution is 8.10. The zero-order valence-corrected chi connectivity index (χ0v) is 21.2. The third-order valence-electron chi connectivity index (χ3n) is 5.09. The molecule has 3 aromatic rings. The van der Waals surface area contributed by atoms with Gasteiger partial charge in [0.2, 0.25) is 0 Å². The van der Waals surface area contributed by atoms with Gasteiger partial charge in [-0.05, 0) is 48.5 Å². The summed E-state index contributed by atoms with van der Waals surface area (Å²) in [6.07, 6.45) is -8.23. The van der Waals surface area contributed by atoms with Crippen LogP contribution in [0.15, 0.2) is 88.7 Å². The summed E-state index contributed by atoms with van der Waals surface area (Å²) in [6.45, 7) is 0. The molecule has 7 nitrogen and oxygen atoms in total. The molecule has 15 heteroatoms. The average molecular weight is 594 g/mol. The van der Waals surface area contributed by atoms with Crippen molar-refractivity contribution in [1.29, 1.82) is 0 Å². The normalized spacial score (nSPS) is 12.9. The third kappa shape index (κ3) is 6.42. The molecule has 0 radical (unpaired) electrons. The van der Waals surface area contributed by atoms with Gasteiger partial charge in [0.1, 0.15) is 0 Å². The fraction of sp³-hybridized carbons (Fsp3) is 0.125. The van der Waals surface area contributed by atoms with E-state index >= 15 is 0 Å². The summed E-state index contributed by atoms with van der Waals surface area (Å²) in [5.74, 6) is -0.919. The molecule has 0 fully saturated rings. The summed E-state index contributed by atoms with van der Waals surface area (Å²) < 4.78 is 139. The number of nitrogens with zero attached hydrogens (tertiary/aromatic N) is 1. The van der Waals surface area contributed by atoms with E-state index in [1.54, 1.807) is 0 Å². The standard InChI is InChI=1S/C24H17F6NO6S2/c1-37-22(32)13-12-16-6-2-3-11-21(16)31(38(33,34)19-9-4-7-17(14-19)23(25,26)27)39(35,36)20-10-5-8-18(15-20)24(28,29)30/h2-15H,1H3. The van der Waals surface area contributed by atoms with Crippen molar-refractivity contribution in [3.05, 3.63) is 95.6 Å². The Morgan fingerprint density at radius 3 is 1.64 bits per heavy atom. The van der Waals surface area contributed by atoms with E-state index in [0.29, 0.717) is 24.3 Å². The molecule has 208 valence electrons. The van der Waals surface area contributed by atoms with Crippen LogP contribution in [0.1, 0.15) is 16.7 Å². The van der Waals surface area contributed by atoms with E-state index in [-0.39, 0.29) is 21.4 Å².